The average molecular weight is 254 g/mol. The molecule has 0 bridgehead atoms. The zero-order valence-corrected chi connectivity index (χ0v) is 10.4. The summed E-state index contributed by atoms with van der Waals surface area (Å²) in [5, 5.41) is 11.1. The summed E-state index contributed by atoms with van der Waals surface area (Å²) in [5.41, 5.74) is 0.820. The Hall–Kier alpha value is -0.770. The van der Waals surface area contributed by atoms with E-state index >= 15 is 0 Å². The fourth-order valence-corrected chi connectivity index (χ4v) is 2.91. The van der Waals surface area contributed by atoms with E-state index in [4.69, 9.17) is 16.3 Å². The maximum absolute atomic E-state index is 10.4. The maximum Gasteiger partial charge on any atom is 0.125 e. The van der Waals surface area contributed by atoms with Gasteiger partial charge in [0.25, 0.3) is 0 Å². The van der Waals surface area contributed by atoms with Crippen LogP contribution in [0, 0.1) is 0 Å². The summed E-state index contributed by atoms with van der Waals surface area (Å²) in [4.78, 5) is 2.31. The number of halogens is 1. The van der Waals surface area contributed by atoms with Gasteiger partial charge < -0.3 is 9.84 Å². The highest BCUT2D eigenvalue weighted by molar-refractivity contribution is 6.30. The maximum atomic E-state index is 10.4. The second kappa shape index (κ2) is 4.48. The molecule has 0 aliphatic carbocycles. The third kappa shape index (κ3) is 2.03. The standard InChI is InChI=1S/C13H16ClNO2/c14-9-3-4-12-10(7-9)13(16)11(8-17-12)15-5-1-2-6-15/h3-4,7,11,13,16H,1-2,5-6,8H2/t11-,13+/m1/s1. The van der Waals surface area contributed by atoms with Crippen LogP contribution in [-0.4, -0.2) is 35.7 Å². The van der Waals surface area contributed by atoms with E-state index in [1.165, 1.54) is 12.8 Å². The SMILES string of the molecule is O[C@H]1c2cc(Cl)ccc2OC[C@H]1N1CCCC1. The quantitative estimate of drug-likeness (QED) is 0.833. The van der Waals surface area contributed by atoms with Gasteiger partial charge in [0.15, 0.2) is 0 Å². The van der Waals surface area contributed by atoms with E-state index in [-0.39, 0.29) is 6.04 Å². The summed E-state index contributed by atoms with van der Waals surface area (Å²) in [6.07, 6.45) is 1.94. The van der Waals surface area contributed by atoms with Crippen LogP contribution < -0.4 is 4.74 Å². The molecule has 0 radical (unpaired) electrons. The molecule has 1 saturated heterocycles. The zero-order valence-electron chi connectivity index (χ0n) is 9.60. The second-order valence-corrected chi connectivity index (χ2v) is 5.18. The first-order chi connectivity index (χ1) is 8.25. The molecule has 0 aromatic heterocycles. The topological polar surface area (TPSA) is 32.7 Å². The van der Waals surface area contributed by atoms with Crippen molar-refractivity contribution in [3.8, 4) is 5.75 Å². The van der Waals surface area contributed by atoms with E-state index in [0.29, 0.717) is 11.6 Å². The van der Waals surface area contributed by atoms with E-state index < -0.39 is 6.10 Å². The first kappa shape index (κ1) is 11.3. The fourth-order valence-electron chi connectivity index (χ4n) is 2.73. The largest absolute Gasteiger partial charge is 0.491 e. The van der Waals surface area contributed by atoms with Crippen LogP contribution in [0.5, 0.6) is 5.75 Å². The Balaban J connectivity index is 1.88. The molecule has 2 atom stereocenters. The molecule has 2 heterocycles. The van der Waals surface area contributed by atoms with Crippen LogP contribution in [0.15, 0.2) is 18.2 Å². The van der Waals surface area contributed by atoms with E-state index in [1.54, 1.807) is 6.07 Å². The van der Waals surface area contributed by atoms with Gasteiger partial charge in [0, 0.05) is 10.6 Å². The van der Waals surface area contributed by atoms with Gasteiger partial charge in [-0.2, -0.15) is 0 Å². The highest BCUT2D eigenvalue weighted by Gasteiger charge is 2.34. The van der Waals surface area contributed by atoms with Gasteiger partial charge in [0.2, 0.25) is 0 Å². The van der Waals surface area contributed by atoms with Crippen molar-refractivity contribution in [1.29, 1.82) is 0 Å². The minimum Gasteiger partial charge on any atom is -0.491 e. The molecule has 17 heavy (non-hydrogen) atoms. The minimum atomic E-state index is -0.490. The van der Waals surface area contributed by atoms with E-state index in [2.05, 4.69) is 4.90 Å². The highest BCUT2D eigenvalue weighted by atomic mass is 35.5. The molecule has 92 valence electrons. The summed E-state index contributed by atoms with van der Waals surface area (Å²) in [5.74, 6) is 0.761. The fraction of sp³-hybridized carbons (Fsp3) is 0.538. The van der Waals surface area contributed by atoms with Gasteiger partial charge in [-0.25, -0.2) is 0 Å². The Labute approximate surface area is 106 Å². The van der Waals surface area contributed by atoms with Crippen molar-refractivity contribution in [3.63, 3.8) is 0 Å². The van der Waals surface area contributed by atoms with Crippen LogP contribution in [-0.2, 0) is 0 Å². The first-order valence-electron chi connectivity index (χ1n) is 6.10. The average Bonchev–Trinajstić information content (AvgIpc) is 2.84. The van der Waals surface area contributed by atoms with Crippen molar-refractivity contribution >= 4 is 11.6 Å². The third-order valence-electron chi connectivity index (χ3n) is 3.67. The number of aliphatic hydroxyl groups excluding tert-OH is 1. The molecule has 1 aromatic rings. The monoisotopic (exact) mass is 253 g/mol. The van der Waals surface area contributed by atoms with Crippen LogP contribution in [0.2, 0.25) is 5.02 Å². The van der Waals surface area contributed by atoms with Crippen LogP contribution in [0.3, 0.4) is 0 Å². The van der Waals surface area contributed by atoms with Crippen LogP contribution >= 0.6 is 11.6 Å². The molecule has 1 N–H and O–H groups in total. The van der Waals surface area contributed by atoms with Gasteiger partial charge in [-0.3, -0.25) is 4.90 Å². The Morgan fingerprint density at radius 1 is 1.29 bits per heavy atom. The smallest absolute Gasteiger partial charge is 0.125 e. The van der Waals surface area contributed by atoms with Crippen molar-refractivity contribution in [3.05, 3.63) is 28.8 Å². The number of fused-ring (bicyclic) bond motifs is 1. The summed E-state index contributed by atoms with van der Waals surface area (Å²) in [6, 6.07) is 5.51. The van der Waals surface area contributed by atoms with Crippen LogP contribution in [0.1, 0.15) is 24.5 Å². The third-order valence-corrected chi connectivity index (χ3v) is 3.91. The van der Waals surface area contributed by atoms with Gasteiger partial charge in [-0.15, -0.1) is 0 Å². The summed E-state index contributed by atoms with van der Waals surface area (Å²) in [6.45, 7) is 2.68. The lowest BCUT2D eigenvalue weighted by atomic mass is 9.98. The van der Waals surface area contributed by atoms with Gasteiger partial charge in [-0.05, 0) is 44.1 Å². The van der Waals surface area contributed by atoms with Crippen LogP contribution in [0.25, 0.3) is 0 Å². The van der Waals surface area contributed by atoms with E-state index in [0.717, 1.165) is 24.4 Å². The summed E-state index contributed by atoms with van der Waals surface area (Å²) in [7, 11) is 0. The number of benzene rings is 1. The first-order valence-corrected chi connectivity index (χ1v) is 6.48. The molecular formula is C13H16ClNO2. The van der Waals surface area contributed by atoms with Gasteiger partial charge in [0.1, 0.15) is 18.5 Å². The lowest BCUT2D eigenvalue weighted by molar-refractivity contribution is 0.0140. The normalized spacial score (nSPS) is 28.8. The molecule has 0 amide bonds. The molecule has 2 aliphatic rings. The summed E-state index contributed by atoms with van der Waals surface area (Å²) < 4.78 is 5.71. The van der Waals surface area contributed by atoms with Gasteiger partial charge >= 0.3 is 0 Å². The van der Waals surface area contributed by atoms with Crippen molar-refractivity contribution in [2.45, 2.75) is 25.0 Å². The Kier molecular flexibility index (Phi) is 2.99. The number of rotatable bonds is 1. The molecule has 3 nitrogen and oxygen atoms in total. The van der Waals surface area contributed by atoms with Crippen LogP contribution in [0.4, 0.5) is 0 Å². The Morgan fingerprint density at radius 3 is 2.82 bits per heavy atom. The zero-order chi connectivity index (χ0) is 11.8. The number of hydrogen-bond donors (Lipinski definition) is 1. The van der Waals surface area contributed by atoms with E-state index in [9.17, 15) is 5.11 Å². The molecular weight excluding hydrogens is 238 g/mol. The van der Waals surface area contributed by atoms with E-state index in [1.807, 2.05) is 12.1 Å². The molecule has 3 rings (SSSR count). The lowest BCUT2D eigenvalue weighted by Crippen LogP contribution is -2.44. The molecule has 4 heteroatoms. The molecule has 2 aliphatic heterocycles. The second-order valence-electron chi connectivity index (χ2n) is 4.75. The van der Waals surface area contributed by atoms with Crippen molar-refractivity contribution < 1.29 is 9.84 Å². The number of ether oxygens (including phenoxy) is 1. The van der Waals surface area contributed by atoms with Crippen molar-refractivity contribution in [1.82, 2.24) is 4.90 Å². The molecule has 1 aromatic carbocycles. The minimum absolute atomic E-state index is 0.0727. The molecule has 0 saturated carbocycles. The number of likely N-dealkylation sites (tertiary alicyclic amines) is 1. The lowest BCUT2D eigenvalue weighted by Gasteiger charge is -2.36. The molecule has 0 unspecified atom stereocenters. The summed E-state index contributed by atoms with van der Waals surface area (Å²) >= 11 is 5.97. The number of nitrogens with zero attached hydrogens (tertiary/aromatic N) is 1. The van der Waals surface area contributed by atoms with Crippen molar-refractivity contribution in [2.75, 3.05) is 19.7 Å². The van der Waals surface area contributed by atoms with Gasteiger partial charge in [-0.1, -0.05) is 11.6 Å². The number of aliphatic hydroxyl groups is 1. The predicted molar refractivity (Wildman–Crippen MR) is 66.5 cm³/mol. The highest BCUT2D eigenvalue weighted by Crippen LogP contribution is 2.36. The number of hydrogen-bond acceptors (Lipinski definition) is 3. The molecule has 1 fully saturated rings. The predicted octanol–water partition coefficient (Wildman–Crippen LogP) is 2.23. The van der Waals surface area contributed by atoms with Gasteiger partial charge in [0.05, 0.1) is 6.04 Å². The Morgan fingerprint density at radius 2 is 2.06 bits per heavy atom. The van der Waals surface area contributed by atoms with Crippen molar-refractivity contribution in [2.24, 2.45) is 0 Å². The Bertz CT molecular complexity index is 418. The molecule has 0 spiro atoms.